The van der Waals surface area contributed by atoms with Crippen molar-refractivity contribution in [1.82, 2.24) is 10.2 Å². The van der Waals surface area contributed by atoms with Crippen LogP contribution in [0, 0.1) is 17.8 Å². The number of hydrogen-bond donors (Lipinski definition) is 1. The first-order chi connectivity index (χ1) is 8.38. The molecular formula is C16H36N2. The van der Waals surface area contributed by atoms with E-state index in [9.17, 15) is 0 Å². The van der Waals surface area contributed by atoms with Crippen LogP contribution in [0.15, 0.2) is 0 Å². The number of rotatable bonds is 10. The third-order valence-corrected chi connectivity index (χ3v) is 3.91. The van der Waals surface area contributed by atoms with Crippen molar-refractivity contribution in [3.63, 3.8) is 0 Å². The molecule has 0 aromatic carbocycles. The molecule has 2 atom stereocenters. The minimum absolute atomic E-state index is 0.676. The fourth-order valence-corrected chi connectivity index (χ4v) is 2.22. The minimum atomic E-state index is 0.676. The summed E-state index contributed by atoms with van der Waals surface area (Å²) < 4.78 is 0. The SMILES string of the molecule is CNCC(C)C(C)N(CCC(C)C)CCC(C)C. The highest BCUT2D eigenvalue weighted by Gasteiger charge is 2.19. The van der Waals surface area contributed by atoms with Crippen molar-refractivity contribution in [3.8, 4) is 0 Å². The monoisotopic (exact) mass is 256 g/mol. The quantitative estimate of drug-likeness (QED) is 0.642. The maximum Gasteiger partial charge on any atom is 0.0105 e. The molecule has 2 unspecified atom stereocenters. The number of nitrogens with one attached hydrogen (secondary N) is 1. The van der Waals surface area contributed by atoms with Gasteiger partial charge in [0.2, 0.25) is 0 Å². The molecule has 2 heteroatoms. The van der Waals surface area contributed by atoms with E-state index in [1.165, 1.54) is 25.9 Å². The largest absolute Gasteiger partial charge is 0.319 e. The zero-order chi connectivity index (χ0) is 14.1. The predicted molar refractivity (Wildman–Crippen MR) is 83.0 cm³/mol. The summed E-state index contributed by atoms with van der Waals surface area (Å²) in [6, 6.07) is 0.676. The van der Waals surface area contributed by atoms with Gasteiger partial charge in [0.1, 0.15) is 0 Å². The second kappa shape index (κ2) is 9.80. The predicted octanol–water partition coefficient (Wildman–Crippen LogP) is 3.62. The molecule has 0 saturated carbocycles. The van der Waals surface area contributed by atoms with Gasteiger partial charge in [-0.2, -0.15) is 0 Å². The van der Waals surface area contributed by atoms with Crippen LogP contribution in [0.4, 0.5) is 0 Å². The molecule has 0 aromatic rings. The van der Waals surface area contributed by atoms with Gasteiger partial charge in [-0.15, -0.1) is 0 Å². The molecule has 0 spiro atoms. The van der Waals surface area contributed by atoms with Gasteiger partial charge in [-0.05, 0) is 64.2 Å². The topological polar surface area (TPSA) is 15.3 Å². The van der Waals surface area contributed by atoms with Crippen LogP contribution in [0.1, 0.15) is 54.4 Å². The van der Waals surface area contributed by atoms with Gasteiger partial charge in [0.05, 0.1) is 0 Å². The van der Waals surface area contributed by atoms with E-state index in [-0.39, 0.29) is 0 Å². The Morgan fingerprint density at radius 1 is 0.833 bits per heavy atom. The van der Waals surface area contributed by atoms with Gasteiger partial charge in [0.25, 0.3) is 0 Å². The van der Waals surface area contributed by atoms with Crippen LogP contribution in [0.25, 0.3) is 0 Å². The lowest BCUT2D eigenvalue weighted by molar-refractivity contribution is 0.145. The highest BCUT2D eigenvalue weighted by Crippen LogP contribution is 2.15. The lowest BCUT2D eigenvalue weighted by Gasteiger charge is -2.34. The summed E-state index contributed by atoms with van der Waals surface area (Å²) in [6.45, 7) is 17.6. The second-order valence-electron chi connectivity index (χ2n) is 6.68. The Kier molecular flexibility index (Phi) is 9.76. The zero-order valence-corrected chi connectivity index (χ0v) is 13.8. The van der Waals surface area contributed by atoms with Crippen molar-refractivity contribution >= 4 is 0 Å². The van der Waals surface area contributed by atoms with Crippen LogP contribution in [-0.2, 0) is 0 Å². The van der Waals surface area contributed by atoms with Gasteiger partial charge in [-0.1, -0.05) is 34.6 Å². The summed E-state index contributed by atoms with van der Waals surface area (Å²) in [5.41, 5.74) is 0. The lowest BCUT2D eigenvalue weighted by Crippen LogP contribution is -2.42. The first-order valence-electron chi connectivity index (χ1n) is 7.77. The maximum absolute atomic E-state index is 3.31. The summed E-state index contributed by atoms with van der Waals surface area (Å²) in [7, 11) is 2.05. The van der Waals surface area contributed by atoms with Crippen LogP contribution < -0.4 is 5.32 Å². The summed E-state index contributed by atoms with van der Waals surface area (Å²) in [5, 5.41) is 3.31. The Bertz CT molecular complexity index is 178. The molecule has 0 heterocycles. The van der Waals surface area contributed by atoms with Gasteiger partial charge < -0.3 is 10.2 Å². The Balaban J connectivity index is 4.32. The molecular weight excluding hydrogens is 220 g/mol. The standard InChI is InChI=1S/C16H36N2/c1-13(2)8-10-18(11-9-14(3)4)16(6)15(5)12-17-7/h13-17H,8-12H2,1-7H3. The number of hydrogen-bond acceptors (Lipinski definition) is 2. The molecule has 110 valence electrons. The first-order valence-corrected chi connectivity index (χ1v) is 7.77. The third kappa shape index (κ3) is 8.10. The Hall–Kier alpha value is -0.0800. The van der Waals surface area contributed by atoms with Crippen molar-refractivity contribution in [3.05, 3.63) is 0 Å². The van der Waals surface area contributed by atoms with Crippen molar-refractivity contribution in [2.75, 3.05) is 26.7 Å². The highest BCUT2D eigenvalue weighted by atomic mass is 15.2. The van der Waals surface area contributed by atoms with E-state index in [0.717, 1.165) is 18.4 Å². The van der Waals surface area contributed by atoms with Gasteiger partial charge in [-0.3, -0.25) is 0 Å². The summed E-state index contributed by atoms with van der Waals surface area (Å²) in [5.74, 6) is 2.33. The fraction of sp³-hybridized carbons (Fsp3) is 1.00. The first kappa shape index (κ1) is 17.9. The molecule has 0 aliphatic rings. The molecule has 18 heavy (non-hydrogen) atoms. The van der Waals surface area contributed by atoms with Crippen LogP contribution >= 0.6 is 0 Å². The molecule has 0 aliphatic heterocycles. The molecule has 2 nitrogen and oxygen atoms in total. The van der Waals surface area contributed by atoms with Gasteiger partial charge in [0, 0.05) is 6.04 Å². The minimum Gasteiger partial charge on any atom is -0.319 e. The fourth-order valence-electron chi connectivity index (χ4n) is 2.22. The molecule has 0 bridgehead atoms. The average molecular weight is 256 g/mol. The molecule has 0 amide bonds. The maximum atomic E-state index is 3.31. The molecule has 0 fully saturated rings. The van der Waals surface area contributed by atoms with E-state index < -0.39 is 0 Å². The van der Waals surface area contributed by atoms with Gasteiger partial charge in [0.15, 0.2) is 0 Å². The van der Waals surface area contributed by atoms with E-state index >= 15 is 0 Å². The van der Waals surface area contributed by atoms with Crippen molar-refractivity contribution in [1.29, 1.82) is 0 Å². The molecule has 1 N–H and O–H groups in total. The summed E-state index contributed by atoms with van der Waals surface area (Å²) in [4.78, 5) is 2.70. The van der Waals surface area contributed by atoms with Crippen LogP contribution in [0.3, 0.4) is 0 Å². The van der Waals surface area contributed by atoms with Crippen LogP contribution in [-0.4, -0.2) is 37.6 Å². The third-order valence-electron chi connectivity index (χ3n) is 3.91. The number of nitrogens with zero attached hydrogens (tertiary/aromatic N) is 1. The Morgan fingerprint density at radius 2 is 1.28 bits per heavy atom. The zero-order valence-electron chi connectivity index (χ0n) is 13.8. The Labute approximate surface area is 116 Å². The highest BCUT2D eigenvalue weighted by molar-refractivity contribution is 4.75. The van der Waals surface area contributed by atoms with Crippen molar-refractivity contribution < 1.29 is 0 Å². The van der Waals surface area contributed by atoms with Crippen LogP contribution in [0.5, 0.6) is 0 Å². The molecule has 0 radical (unpaired) electrons. The van der Waals surface area contributed by atoms with Crippen LogP contribution in [0.2, 0.25) is 0 Å². The van der Waals surface area contributed by atoms with E-state index in [0.29, 0.717) is 12.0 Å². The average Bonchev–Trinajstić information content (AvgIpc) is 2.28. The smallest absolute Gasteiger partial charge is 0.0105 e. The van der Waals surface area contributed by atoms with Crippen molar-refractivity contribution in [2.24, 2.45) is 17.8 Å². The molecule has 0 saturated heterocycles. The van der Waals surface area contributed by atoms with E-state index in [2.05, 4.69) is 58.8 Å². The van der Waals surface area contributed by atoms with Gasteiger partial charge in [-0.25, -0.2) is 0 Å². The normalized spacial score (nSPS) is 15.7. The van der Waals surface area contributed by atoms with E-state index in [4.69, 9.17) is 0 Å². The van der Waals surface area contributed by atoms with E-state index in [1.807, 2.05) is 0 Å². The second-order valence-corrected chi connectivity index (χ2v) is 6.68. The molecule has 0 rings (SSSR count). The molecule has 0 aliphatic carbocycles. The molecule has 0 aromatic heterocycles. The van der Waals surface area contributed by atoms with Gasteiger partial charge >= 0.3 is 0 Å². The summed E-state index contributed by atoms with van der Waals surface area (Å²) in [6.07, 6.45) is 2.63. The lowest BCUT2D eigenvalue weighted by atomic mass is 9.99. The van der Waals surface area contributed by atoms with E-state index in [1.54, 1.807) is 0 Å². The Morgan fingerprint density at radius 3 is 1.61 bits per heavy atom. The van der Waals surface area contributed by atoms with Crippen molar-refractivity contribution in [2.45, 2.75) is 60.4 Å². The summed E-state index contributed by atoms with van der Waals surface area (Å²) >= 11 is 0.